The van der Waals surface area contributed by atoms with Crippen LogP contribution in [0, 0.1) is 6.92 Å². The maximum absolute atomic E-state index is 12.7. The molecule has 0 aliphatic rings. The fourth-order valence-electron chi connectivity index (χ4n) is 2.21. The summed E-state index contributed by atoms with van der Waals surface area (Å²) < 4.78 is 10.4. The van der Waals surface area contributed by atoms with Gasteiger partial charge >= 0.3 is 5.97 Å². The molecule has 2 rings (SSSR count). The van der Waals surface area contributed by atoms with Crippen LogP contribution in [0.1, 0.15) is 34.9 Å². The molecule has 0 saturated carbocycles. The van der Waals surface area contributed by atoms with Crippen LogP contribution in [0.3, 0.4) is 0 Å². The number of amides is 1. The average molecular weight is 362 g/mol. The lowest BCUT2D eigenvalue weighted by Crippen LogP contribution is -2.41. The maximum atomic E-state index is 12.7. The molecule has 0 radical (unpaired) electrons. The van der Waals surface area contributed by atoms with E-state index < -0.39 is 5.97 Å². The zero-order chi connectivity index (χ0) is 18.4. The summed E-state index contributed by atoms with van der Waals surface area (Å²) in [5, 5.41) is 2.93. The Labute approximate surface area is 151 Å². The van der Waals surface area contributed by atoms with Gasteiger partial charge in [0.05, 0.1) is 17.8 Å². The van der Waals surface area contributed by atoms with Gasteiger partial charge in [-0.25, -0.2) is 4.98 Å². The molecule has 1 amide bonds. The number of aromatic nitrogens is 1. The first kappa shape index (κ1) is 18.9. The number of hydrogen-bond acceptors (Lipinski definition) is 6. The molecule has 0 saturated heterocycles. The van der Waals surface area contributed by atoms with Gasteiger partial charge in [-0.15, -0.1) is 11.3 Å². The van der Waals surface area contributed by atoms with Gasteiger partial charge in [0.1, 0.15) is 18.9 Å². The van der Waals surface area contributed by atoms with Gasteiger partial charge in [-0.3, -0.25) is 9.59 Å². The third-order valence-corrected chi connectivity index (χ3v) is 4.37. The summed E-state index contributed by atoms with van der Waals surface area (Å²) in [7, 11) is 1.31. The van der Waals surface area contributed by atoms with Gasteiger partial charge in [0.2, 0.25) is 0 Å². The second-order valence-corrected chi connectivity index (χ2v) is 6.84. The van der Waals surface area contributed by atoms with Crippen LogP contribution in [-0.4, -0.2) is 41.5 Å². The van der Waals surface area contributed by atoms with E-state index in [4.69, 9.17) is 4.74 Å². The molecular weight excluding hydrogens is 340 g/mol. The molecule has 1 heterocycles. The van der Waals surface area contributed by atoms with Gasteiger partial charge < -0.3 is 14.4 Å². The minimum absolute atomic E-state index is 0.0871. The highest BCUT2D eigenvalue weighted by atomic mass is 32.1. The zero-order valence-corrected chi connectivity index (χ0v) is 15.6. The van der Waals surface area contributed by atoms with Crippen LogP contribution in [0.15, 0.2) is 29.6 Å². The first-order valence-corrected chi connectivity index (χ1v) is 8.80. The number of thiazole rings is 1. The molecule has 6 nitrogen and oxygen atoms in total. The van der Waals surface area contributed by atoms with Crippen molar-refractivity contribution >= 4 is 23.2 Å². The normalized spacial score (nSPS) is 10.6. The summed E-state index contributed by atoms with van der Waals surface area (Å²) in [6, 6.07) is 6.79. The van der Waals surface area contributed by atoms with Crippen LogP contribution in [0.25, 0.3) is 0 Å². The number of esters is 1. The molecule has 0 atom stereocenters. The Morgan fingerprint density at radius 3 is 2.68 bits per heavy atom. The van der Waals surface area contributed by atoms with Crippen LogP contribution < -0.4 is 4.74 Å². The third-order valence-electron chi connectivity index (χ3n) is 3.55. The highest BCUT2D eigenvalue weighted by molar-refractivity contribution is 7.09. The van der Waals surface area contributed by atoms with Gasteiger partial charge in [0, 0.05) is 17.0 Å². The molecule has 1 aromatic carbocycles. The van der Waals surface area contributed by atoms with Crippen molar-refractivity contribution in [2.45, 2.75) is 33.4 Å². The molecule has 0 spiro atoms. The van der Waals surface area contributed by atoms with Gasteiger partial charge in [0.15, 0.2) is 0 Å². The van der Waals surface area contributed by atoms with Crippen molar-refractivity contribution in [2.24, 2.45) is 0 Å². The molecule has 2 aromatic rings. The first-order valence-electron chi connectivity index (χ1n) is 7.92. The number of ether oxygens (including phenoxy) is 2. The molecule has 0 N–H and O–H groups in total. The largest absolute Gasteiger partial charge is 0.487 e. The predicted octanol–water partition coefficient (Wildman–Crippen LogP) is 3.05. The Morgan fingerprint density at radius 1 is 1.32 bits per heavy atom. The molecule has 0 aliphatic heterocycles. The van der Waals surface area contributed by atoms with Crippen LogP contribution in [0.4, 0.5) is 0 Å². The molecule has 0 unspecified atom stereocenters. The highest BCUT2D eigenvalue weighted by Gasteiger charge is 2.22. The summed E-state index contributed by atoms with van der Waals surface area (Å²) in [5.41, 5.74) is 1.32. The number of rotatable bonds is 7. The number of methoxy groups -OCH3 is 1. The summed E-state index contributed by atoms with van der Waals surface area (Å²) in [4.78, 5) is 30.1. The van der Waals surface area contributed by atoms with Crippen LogP contribution in [0.2, 0.25) is 0 Å². The Kier molecular flexibility index (Phi) is 6.52. The van der Waals surface area contributed by atoms with E-state index in [1.807, 2.05) is 26.2 Å². The molecule has 0 bridgehead atoms. The van der Waals surface area contributed by atoms with Gasteiger partial charge in [-0.1, -0.05) is 6.07 Å². The lowest BCUT2D eigenvalue weighted by atomic mass is 10.1. The topological polar surface area (TPSA) is 68.7 Å². The summed E-state index contributed by atoms with van der Waals surface area (Å²) in [5.74, 6) is -0.109. The maximum Gasteiger partial charge on any atom is 0.325 e. The first-order chi connectivity index (χ1) is 11.9. The highest BCUT2D eigenvalue weighted by Crippen LogP contribution is 2.18. The van der Waals surface area contributed by atoms with E-state index in [1.165, 1.54) is 12.0 Å². The second-order valence-electron chi connectivity index (χ2n) is 5.78. The fraction of sp³-hybridized carbons (Fsp3) is 0.389. The van der Waals surface area contributed by atoms with Gasteiger partial charge in [0.25, 0.3) is 5.91 Å². The van der Waals surface area contributed by atoms with Crippen molar-refractivity contribution in [3.05, 3.63) is 45.9 Å². The second kappa shape index (κ2) is 8.62. The monoisotopic (exact) mass is 362 g/mol. The van der Waals surface area contributed by atoms with E-state index in [2.05, 4.69) is 9.72 Å². The molecule has 1 aromatic heterocycles. The number of carbonyl (C=O) groups is 2. The third kappa shape index (κ3) is 5.29. The molecule has 0 fully saturated rings. The van der Waals surface area contributed by atoms with E-state index in [0.717, 1.165) is 10.7 Å². The van der Waals surface area contributed by atoms with Gasteiger partial charge in [-0.05, 0) is 39.0 Å². The van der Waals surface area contributed by atoms with Crippen LogP contribution in [-0.2, 0) is 16.1 Å². The molecular formula is C18H22N2O4S. The van der Waals surface area contributed by atoms with Crippen molar-refractivity contribution in [3.8, 4) is 5.75 Å². The van der Waals surface area contributed by atoms with Crippen LogP contribution in [0.5, 0.6) is 5.75 Å². The lowest BCUT2D eigenvalue weighted by Gasteiger charge is -2.25. The Morgan fingerprint density at radius 2 is 2.08 bits per heavy atom. The smallest absolute Gasteiger partial charge is 0.325 e. The summed E-state index contributed by atoms with van der Waals surface area (Å²) in [6.45, 7) is 5.90. The molecule has 7 heteroatoms. The Balaban J connectivity index is 2.09. The standard InChI is InChI=1S/C18H22N2O4S/c1-12(2)20(9-17(21)23-4)18(22)14-6-5-7-16(8-14)24-10-15-11-25-13(3)19-15/h5-8,11-12H,9-10H2,1-4H3. The van der Waals surface area contributed by atoms with Crippen molar-refractivity contribution in [3.63, 3.8) is 0 Å². The lowest BCUT2D eigenvalue weighted by molar-refractivity contribution is -0.141. The number of benzene rings is 1. The number of nitrogens with zero attached hydrogens (tertiary/aromatic N) is 2. The van der Waals surface area contributed by atoms with E-state index in [9.17, 15) is 9.59 Å². The number of aryl methyl sites for hydroxylation is 1. The minimum atomic E-state index is -0.451. The zero-order valence-electron chi connectivity index (χ0n) is 14.8. The van der Waals surface area contributed by atoms with E-state index >= 15 is 0 Å². The number of hydrogen-bond donors (Lipinski definition) is 0. The SMILES string of the molecule is COC(=O)CN(C(=O)c1cccc(OCc2csc(C)n2)c1)C(C)C. The van der Waals surface area contributed by atoms with Crippen molar-refractivity contribution in [1.29, 1.82) is 0 Å². The Hall–Kier alpha value is -2.41. The molecule has 0 aliphatic carbocycles. The predicted molar refractivity (Wildman–Crippen MR) is 95.8 cm³/mol. The average Bonchev–Trinajstić information content (AvgIpc) is 3.02. The van der Waals surface area contributed by atoms with E-state index in [1.54, 1.807) is 35.6 Å². The number of carbonyl (C=O) groups excluding carboxylic acids is 2. The van der Waals surface area contributed by atoms with Crippen LogP contribution >= 0.6 is 11.3 Å². The van der Waals surface area contributed by atoms with Crippen molar-refractivity contribution < 1.29 is 19.1 Å². The van der Waals surface area contributed by atoms with Gasteiger partial charge in [-0.2, -0.15) is 0 Å². The quantitative estimate of drug-likeness (QED) is 0.708. The van der Waals surface area contributed by atoms with E-state index in [0.29, 0.717) is 17.9 Å². The van der Waals surface area contributed by atoms with Crippen molar-refractivity contribution in [2.75, 3.05) is 13.7 Å². The summed E-state index contributed by atoms with van der Waals surface area (Å²) >= 11 is 1.57. The molecule has 134 valence electrons. The summed E-state index contributed by atoms with van der Waals surface area (Å²) in [6.07, 6.45) is 0. The van der Waals surface area contributed by atoms with Crippen molar-refractivity contribution in [1.82, 2.24) is 9.88 Å². The Bertz CT molecular complexity index is 742. The molecule has 25 heavy (non-hydrogen) atoms. The minimum Gasteiger partial charge on any atom is -0.487 e. The van der Waals surface area contributed by atoms with E-state index in [-0.39, 0.29) is 18.5 Å². The fourth-order valence-corrected chi connectivity index (χ4v) is 2.81.